The van der Waals surface area contributed by atoms with Gasteiger partial charge < -0.3 is 4.98 Å². The van der Waals surface area contributed by atoms with Crippen LogP contribution in [0.4, 0.5) is 0 Å². The number of benzene rings is 3. The molecule has 1 N–H and O–H groups in total. The first-order chi connectivity index (χ1) is 11.2. The average molecular weight is 298 g/mol. The highest BCUT2D eigenvalue weighted by atomic mass is 14.8. The van der Waals surface area contributed by atoms with Crippen LogP contribution in [0.2, 0.25) is 0 Å². The number of nitrogens with zero attached hydrogens (tertiary/aromatic N) is 1. The second-order valence-corrected chi connectivity index (χ2v) is 6.50. The van der Waals surface area contributed by atoms with Gasteiger partial charge in [-0.3, -0.25) is 4.99 Å². The topological polar surface area (TPSA) is 28.1 Å². The van der Waals surface area contributed by atoms with Crippen molar-refractivity contribution in [3.8, 4) is 0 Å². The Labute approximate surface area is 134 Å². The van der Waals surface area contributed by atoms with Gasteiger partial charge in [0.2, 0.25) is 0 Å². The van der Waals surface area contributed by atoms with E-state index in [1.165, 1.54) is 55.0 Å². The Morgan fingerprint density at radius 3 is 2.70 bits per heavy atom. The fourth-order valence-electron chi connectivity index (χ4n) is 4.05. The Bertz CT molecular complexity index is 1130. The van der Waals surface area contributed by atoms with Crippen molar-refractivity contribution in [2.24, 2.45) is 4.99 Å². The van der Waals surface area contributed by atoms with Crippen molar-refractivity contribution >= 4 is 38.3 Å². The van der Waals surface area contributed by atoms with Crippen LogP contribution in [0.1, 0.15) is 23.6 Å². The average Bonchev–Trinajstić information content (AvgIpc) is 2.96. The van der Waals surface area contributed by atoms with Crippen molar-refractivity contribution in [3.05, 3.63) is 59.2 Å². The fraction of sp³-hybridized carbons (Fsp3) is 0.190. The van der Waals surface area contributed by atoms with E-state index in [1.807, 2.05) is 0 Å². The molecular weight excluding hydrogens is 280 g/mol. The molecule has 0 atom stereocenters. The summed E-state index contributed by atoms with van der Waals surface area (Å²) in [6, 6.07) is 15.4. The summed E-state index contributed by atoms with van der Waals surface area (Å²) in [5, 5.41) is 5.21. The lowest BCUT2D eigenvalue weighted by Gasteiger charge is -2.17. The first-order valence-electron chi connectivity index (χ1n) is 8.21. The molecule has 1 aliphatic rings. The summed E-state index contributed by atoms with van der Waals surface area (Å²) in [7, 11) is 0. The lowest BCUT2D eigenvalue weighted by atomic mass is 9.91. The Kier molecular flexibility index (Phi) is 2.49. The lowest BCUT2D eigenvalue weighted by molar-refractivity contribution is 0.934. The predicted octanol–water partition coefficient (Wildman–Crippen LogP) is 5.15. The van der Waals surface area contributed by atoms with Gasteiger partial charge in [0.1, 0.15) is 0 Å². The highest BCUT2D eigenvalue weighted by molar-refractivity contribution is 6.19. The Hall–Kier alpha value is -2.61. The van der Waals surface area contributed by atoms with E-state index in [2.05, 4.69) is 66.3 Å². The number of nitrogens with one attached hydrogen (secondary N) is 1. The summed E-state index contributed by atoms with van der Waals surface area (Å²) in [4.78, 5) is 8.35. The molecule has 0 fully saturated rings. The van der Waals surface area contributed by atoms with Crippen molar-refractivity contribution in [2.45, 2.75) is 20.3 Å². The quantitative estimate of drug-likeness (QED) is 0.465. The molecule has 1 aliphatic heterocycles. The minimum atomic E-state index is 0.911. The first-order valence-corrected chi connectivity index (χ1v) is 8.21. The first kappa shape index (κ1) is 12.9. The van der Waals surface area contributed by atoms with E-state index < -0.39 is 0 Å². The molecule has 23 heavy (non-hydrogen) atoms. The van der Waals surface area contributed by atoms with E-state index in [4.69, 9.17) is 0 Å². The van der Waals surface area contributed by atoms with Crippen LogP contribution in [0, 0.1) is 6.92 Å². The van der Waals surface area contributed by atoms with Gasteiger partial charge in [-0.15, -0.1) is 0 Å². The molecule has 0 aliphatic carbocycles. The number of H-pyrrole nitrogens is 1. The third-order valence-electron chi connectivity index (χ3n) is 5.28. The maximum absolute atomic E-state index is 4.64. The van der Waals surface area contributed by atoms with Crippen LogP contribution < -0.4 is 0 Å². The van der Waals surface area contributed by atoms with Gasteiger partial charge in [-0.2, -0.15) is 0 Å². The lowest BCUT2D eigenvalue weighted by Crippen LogP contribution is -2.11. The van der Waals surface area contributed by atoms with E-state index in [1.54, 1.807) is 0 Å². The zero-order chi connectivity index (χ0) is 15.6. The minimum Gasteiger partial charge on any atom is -0.354 e. The van der Waals surface area contributed by atoms with Crippen LogP contribution in [0.5, 0.6) is 0 Å². The zero-order valence-corrected chi connectivity index (χ0v) is 13.4. The molecule has 3 aromatic carbocycles. The van der Waals surface area contributed by atoms with Gasteiger partial charge in [-0.25, -0.2) is 0 Å². The minimum absolute atomic E-state index is 0.911. The van der Waals surface area contributed by atoms with Crippen LogP contribution in [-0.2, 0) is 6.42 Å². The molecule has 0 saturated carbocycles. The van der Waals surface area contributed by atoms with Crippen molar-refractivity contribution < 1.29 is 0 Å². The normalized spacial score (nSPS) is 14.4. The van der Waals surface area contributed by atoms with E-state index in [9.17, 15) is 0 Å². The van der Waals surface area contributed by atoms with Crippen molar-refractivity contribution in [2.75, 3.05) is 6.54 Å². The Balaban J connectivity index is 1.99. The van der Waals surface area contributed by atoms with Crippen molar-refractivity contribution in [3.63, 3.8) is 0 Å². The molecular formula is C21H18N2. The number of aromatic amines is 1. The smallest absolute Gasteiger partial charge is 0.0544 e. The van der Waals surface area contributed by atoms with Gasteiger partial charge in [0.25, 0.3) is 0 Å². The van der Waals surface area contributed by atoms with E-state index in [0.717, 1.165) is 13.0 Å². The van der Waals surface area contributed by atoms with E-state index in [0.29, 0.717) is 0 Å². The predicted molar refractivity (Wildman–Crippen MR) is 98.8 cm³/mol. The summed E-state index contributed by atoms with van der Waals surface area (Å²) >= 11 is 0. The van der Waals surface area contributed by atoms with Gasteiger partial charge in [-0.1, -0.05) is 36.4 Å². The molecule has 2 nitrogen and oxygen atoms in total. The third kappa shape index (κ3) is 1.66. The molecule has 5 rings (SSSR count). The largest absolute Gasteiger partial charge is 0.354 e. The molecule has 0 saturated heterocycles. The number of hydrogen-bond acceptors (Lipinski definition) is 1. The molecule has 0 spiro atoms. The maximum atomic E-state index is 4.64. The number of aliphatic imine (C=N–C) groups is 1. The summed E-state index contributed by atoms with van der Waals surface area (Å²) in [6.45, 7) is 5.29. The number of aromatic nitrogens is 1. The zero-order valence-electron chi connectivity index (χ0n) is 13.4. The van der Waals surface area contributed by atoms with Crippen LogP contribution in [0.15, 0.2) is 47.5 Å². The standard InChI is InChI=1S/C21H18N2/c1-12-15-9-10-22-13(2)18(15)11-19-17-8-7-14-5-3-4-6-16(14)21(17)23-20(12)19/h3-8,11,23H,9-10H2,1-2H3. The molecule has 112 valence electrons. The van der Waals surface area contributed by atoms with Gasteiger partial charge in [0, 0.05) is 33.9 Å². The monoisotopic (exact) mass is 298 g/mol. The molecule has 2 heteroatoms. The van der Waals surface area contributed by atoms with Crippen LogP contribution in [0.25, 0.3) is 32.6 Å². The van der Waals surface area contributed by atoms with Crippen LogP contribution >= 0.6 is 0 Å². The third-order valence-corrected chi connectivity index (χ3v) is 5.28. The summed E-state index contributed by atoms with van der Waals surface area (Å²) in [5.74, 6) is 0. The Morgan fingerprint density at radius 1 is 0.913 bits per heavy atom. The summed E-state index contributed by atoms with van der Waals surface area (Å²) in [6.07, 6.45) is 1.05. The SMILES string of the molecule is CC1=NCCc2c1cc1c([nH]c3c4ccccc4ccc13)c2C. The number of fused-ring (bicyclic) bond motifs is 6. The highest BCUT2D eigenvalue weighted by Gasteiger charge is 2.18. The van der Waals surface area contributed by atoms with E-state index >= 15 is 0 Å². The number of rotatable bonds is 0. The van der Waals surface area contributed by atoms with Gasteiger partial charge in [0.05, 0.1) is 5.52 Å². The van der Waals surface area contributed by atoms with E-state index in [-0.39, 0.29) is 0 Å². The maximum Gasteiger partial charge on any atom is 0.0544 e. The fourth-order valence-corrected chi connectivity index (χ4v) is 4.05. The molecule has 4 aromatic rings. The Morgan fingerprint density at radius 2 is 1.78 bits per heavy atom. The second kappa shape index (κ2) is 4.45. The van der Waals surface area contributed by atoms with Gasteiger partial charge in [0.15, 0.2) is 0 Å². The molecule has 0 unspecified atom stereocenters. The van der Waals surface area contributed by atoms with Gasteiger partial charge in [-0.05, 0) is 48.4 Å². The molecule has 0 amide bonds. The van der Waals surface area contributed by atoms with Crippen LogP contribution in [-0.4, -0.2) is 17.2 Å². The van der Waals surface area contributed by atoms with Crippen LogP contribution in [0.3, 0.4) is 0 Å². The molecule has 1 aromatic heterocycles. The molecule has 0 radical (unpaired) electrons. The highest BCUT2D eigenvalue weighted by Crippen LogP contribution is 2.36. The number of aryl methyl sites for hydroxylation is 1. The molecule has 2 heterocycles. The van der Waals surface area contributed by atoms with Gasteiger partial charge >= 0.3 is 0 Å². The van der Waals surface area contributed by atoms with Crippen molar-refractivity contribution in [1.82, 2.24) is 4.98 Å². The second-order valence-electron chi connectivity index (χ2n) is 6.50. The molecule has 0 bridgehead atoms. The summed E-state index contributed by atoms with van der Waals surface area (Å²) < 4.78 is 0. The summed E-state index contributed by atoms with van der Waals surface area (Å²) in [5.41, 5.74) is 7.87. The van der Waals surface area contributed by atoms with Crippen molar-refractivity contribution in [1.29, 1.82) is 0 Å². The number of hydrogen-bond donors (Lipinski definition) is 1.